The summed E-state index contributed by atoms with van der Waals surface area (Å²) in [5, 5.41) is 10.1. The molecule has 1 rings (SSSR count). The van der Waals surface area contributed by atoms with Crippen LogP contribution in [0.1, 0.15) is 101 Å². The molecule has 0 spiro atoms. The van der Waals surface area contributed by atoms with Gasteiger partial charge in [-0.25, -0.2) is 0 Å². The normalized spacial score (nSPS) is 20.2. The largest absolute Gasteiger partial charge is 0.417 e. The number of aliphatic hydroxyl groups is 1. The van der Waals surface area contributed by atoms with Crippen LogP contribution in [-0.4, -0.2) is 25.6 Å². The lowest BCUT2D eigenvalue weighted by molar-refractivity contribution is 0.0536. The van der Waals surface area contributed by atoms with Crippen molar-refractivity contribution in [3.05, 3.63) is 12.2 Å². The summed E-state index contributed by atoms with van der Waals surface area (Å²) in [7, 11) is -1.40. The molecule has 0 aromatic rings. The van der Waals surface area contributed by atoms with Crippen LogP contribution in [0.5, 0.6) is 0 Å². The van der Waals surface area contributed by atoms with Gasteiger partial charge in [0, 0.05) is 6.61 Å². The molecular formula is C24H52O2Si. The molecule has 0 amide bonds. The molecule has 1 fully saturated rings. The molecule has 2 nitrogen and oxygen atoms in total. The first-order valence-electron chi connectivity index (χ1n) is 11.1. The van der Waals surface area contributed by atoms with E-state index in [-0.39, 0.29) is 0 Å². The van der Waals surface area contributed by atoms with Crippen molar-refractivity contribution >= 4 is 8.32 Å². The Bertz CT molecular complexity index is 411. The van der Waals surface area contributed by atoms with Gasteiger partial charge in [-0.2, -0.15) is 0 Å². The Morgan fingerprint density at radius 3 is 1.93 bits per heavy atom. The molecule has 1 unspecified atom stereocenters. The third kappa shape index (κ3) is 11.5. The maximum absolute atomic E-state index is 9.78. The van der Waals surface area contributed by atoms with E-state index in [2.05, 4.69) is 61.2 Å². The Morgan fingerprint density at radius 2 is 1.63 bits per heavy atom. The van der Waals surface area contributed by atoms with Crippen LogP contribution in [-0.2, 0) is 4.43 Å². The van der Waals surface area contributed by atoms with Crippen molar-refractivity contribution in [1.29, 1.82) is 0 Å². The van der Waals surface area contributed by atoms with Crippen molar-refractivity contribution in [3.8, 4) is 0 Å². The minimum Gasteiger partial charge on any atom is -0.417 e. The summed E-state index contributed by atoms with van der Waals surface area (Å²) in [6.45, 7) is 30.9. The van der Waals surface area contributed by atoms with E-state index in [4.69, 9.17) is 4.43 Å². The molecule has 0 radical (unpaired) electrons. The van der Waals surface area contributed by atoms with Crippen LogP contribution in [0.2, 0.25) is 18.1 Å². The highest BCUT2D eigenvalue weighted by molar-refractivity contribution is 6.74. The van der Waals surface area contributed by atoms with Crippen molar-refractivity contribution in [2.45, 2.75) is 125 Å². The van der Waals surface area contributed by atoms with E-state index in [1.165, 1.54) is 24.8 Å². The fourth-order valence-electron chi connectivity index (χ4n) is 3.34. The van der Waals surface area contributed by atoms with Crippen LogP contribution in [0.15, 0.2) is 12.2 Å². The van der Waals surface area contributed by atoms with Crippen molar-refractivity contribution < 1.29 is 9.53 Å². The lowest BCUT2D eigenvalue weighted by Gasteiger charge is -2.41. The van der Waals surface area contributed by atoms with Gasteiger partial charge in [0.05, 0.1) is 5.60 Å². The van der Waals surface area contributed by atoms with E-state index in [9.17, 15) is 5.11 Å². The van der Waals surface area contributed by atoms with E-state index in [0.717, 1.165) is 19.4 Å². The summed E-state index contributed by atoms with van der Waals surface area (Å²) in [5.41, 5.74) is 1.24. The summed E-state index contributed by atoms with van der Waals surface area (Å²) in [6, 6.07) is 0. The van der Waals surface area contributed by atoms with Gasteiger partial charge >= 0.3 is 0 Å². The molecule has 0 aromatic carbocycles. The molecule has 1 aliphatic rings. The summed E-state index contributed by atoms with van der Waals surface area (Å²) in [6.07, 6.45) is 5.71. The molecule has 1 aliphatic carbocycles. The second-order valence-electron chi connectivity index (χ2n) is 10.6. The molecule has 0 bridgehead atoms. The van der Waals surface area contributed by atoms with Crippen LogP contribution in [0.4, 0.5) is 0 Å². The summed E-state index contributed by atoms with van der Waals surface area (Å²) >= 11 is 0. The summed E-state index contributed by atoms with van der Waals surface area (Å²) in [4.78, 5) is 0. The number of hydrogen-bond acceptors (Lipinski definition) is 2. The highest BCUT2D eigenvalue weighted by Crippen LogP contribution is 2.45. The minimum atomic E-state index is -1.40. The van der Waals surface area contributed by atoms with Crippen molar-refractivity contribution in [3.63, 3.8) is 0 Å². The summed E-state index contributed by atoms with van der Waals surface area (Å²) in [5.74, 6) is 0.595. The average molecular weight is 401 g/mol. The van der Waals surface area contributed by atoms with Gasteiger partial charge in [-0.1, -0.05) is 60.6 Å². The zero-order chi connectivity index (χ0) is 22.1. The molecule has 0 heterocycles. The first-order valence-corrected chi connectivity index (χ1v) is 14.0. The van der Waals surface area contributed by atoms with Gasteiger partial charge < -0.3 is 9.53 Å². The van der Waals surface area contributed by atoms with Crippen LogP contribution in [0.25, 0.3) is 0 Å². The second kappa shape index (κ2) is 11.8. The highest BCUT2D eigenvalue weighted by atomic mass is 28.4. The predicted molar refractivity (Wildman–Crippen MR) is 126 cm³/mol. The van der Waals surface area contributed by atoms with Crippen molar-refractivity contribution in [2.75, 3.05) is 6.61 Å². The third-order valence-electron chi connectivity index (χ3n) is 6.11. The molecule has 0 aliphatic heterocycles. The van der Waals surface area contributed by atoms with Crippen LogP contribution < -0.4 is 0 Å². The van der Waals surface area contributed by atoms with Gasteiger partial charge in [0.25, 0.3) is 0 Å². The molecular weight excluding hydrogens is 348 g/mol. The van der Waals surface area contributed by atoms with Crippen LogP contribution in [0.3, 0.4) is 0 Å². The first-order chi connectivity index (χ1) is 12.0. The van der Waals surface area contributed by atoms with Gasteiger partial charge in [0.15, 0.2) is 8.32 Å². The quantitative estimate of drug-likeness (QED) is 0.374. The molecule has 3 heteroatoms. The Kier molecular flexibility index (Phi) is 12.7. The lowest BCUT2D eigenvalue weighted by Crippen LogP contribution is -2.40. The van der Waals surface area contributed by atoms with Crippen molar-refractivity contribution in [2.24, 2.45) is 11.3 Å². The smallest absolute Gasteiger partial charge is 0.191 e. The van der Waals surface area contributed by atoms with Gasteiger partial charge in [-0.3, -0.25) is 0 Å². The fraction of sp³-hybridized carbons (Fsp3) is 0.917. The molecule has 0 saturated heterocycles. The molecule has 1 saturated carbocycles. The third-order valence-corrected chi connectivity index (χ3v) is 10.7. The SMILES string of the molecule is C=C1CCCC(C)(C)C1CCC(C)(C)O.CC.CCO[Si](C)(C)C(C)(C)C. The maximum atomic E-state index is 9.78. The zero-order valence-corrected chi connectivity index (χ0v) is 21.9. The lowest BCUT2D eigenvalue weighted by atomic mass is 9.64. The average Bonchev–Trinajstić information content (AvgIpc) is 2.46. The second-order valence-corrected chi connectivity index (χ2v) is 15.4. The zero-order valence-electron chi connectivity index (χ0n) is 20.9. The number of rotatable bonds is 5. The number of hydrogen-bond donors (Lipinski definition) is 1. The minimum absolute atomic E-state index is 0.364. The van der Waals surface area contributed by atoms with Gasteiger partial charge in [-0.05, 0) is 82.3 Å². The Labute approximate surface area is 173 Å². The highest BCUT2D eigenvalue weighted by Gasteiger charge is 2.36. The standard InChI is InChI=1S/C14H26O.C8H20OSi.C2H6/c1-11-7-6-9-13(2,3)12(11)8-10-14(4,5)15;1-7-9-10(5,6)8(2,3)4;1-2/h12,15H,1,6-10H2,2-5H3;7H2,1-6H3;1-2H3. The van der Waals surface area contributed by atoms with E-state index in [0.29, 0.717) is 16.4 Å². The van der Waals surface area contributed by atoms with Crippen molar-refractivity contribution in [1.82, 2.24) is 0 Å². The topological polar surface area (TPSA) is 29.5 Å². The Morgan fingerprint density at radius 1 is 1.15 bits per heavy atom. The van der Waals surface area contributed by atoms with Gasteiger partial charge in [-0.15, -0.1) is 0 Å². The molecule has 164 valence electrons. The molecule has 1 N–H and O–H groups in total. The van der Waals surface area contributed by atoms with Crippen LogP contribution >= 0.6 is 0 Å². The summed E-state index contributed by atoms with van der Waals surface area (Å²) < 4.78 is 5.73. The molecule has 0 aromatic heterocycles. The molecule has 1 atom stereocenters. The van der Waals surface area contributed by atoms with Gasteiger partial charge in [0.1, 0.15) is 0 Å². The number of allylic oxidation sites excluding steroid dienone is 1. The van der Waals surface area contributed by atoms with E-state index < -0.39 is 13.9 Å². The van der Waals surface area contributed by atoms with E-state index in [1.807, 2.05) is 27.7 Å². The monoisotopic (exact) mass is 400 g/mol. The Balaban J connectivity index is 0. The fourth-order valence-corrected chi connectivity index (χ4v) is 4.50. The maximum Gasteiger partial charge on any atom is 0.191 e. The van der Waals surface area contributed by atoms with E-state index in [1.54, 1.807) is 0 Å². The van der Waals surface area contributed by atoms with Gasteiger partial charge in [0.2, 0.25) is 0 Å². The molecule has 27 heavy (non-hydrogen) atoms. The van der Waals surface area contributed by atoms with Crippen LogP contribution in [0, 0.1) is 11.3 Å². The predicted octanol–water partition coefficient (Wildman–Crippen LogP) is 7.97. The first kappa shape index (κ1) is 29.1. The Hall–Kier alpha value is -0.123. The van der Waals surface area contributed by atoms with E-state index >= 15 is 0 Å².